The molecule has 0 bridgehead atoms. The van der Waals surface area contributed by atoms with Gasteiger partial charge in [-0.05, 0) is 45.3 Å². The highest BCUT2D eigenvalue weighted by atomic mass is 16.1. The molecule has 4 nitrogen and oxygen atoms in total. The lowest BCUT2D eigenvalue weighted by Gasteiger charge is -2.29. The van der Waals surface area contributed by atoms with Gasteiger partial charge in [0.15, 0.2) is 0 Å². The van der Waals surface area contributed by atoms with Gasteiger partial charge in [0, 0.05) is 18.5 Å². The number of amides is 1. The smallest absolute Gasteiger partial charge is 0.223 e. The molecule has 1 fully saturated rings. The molecule has 0 aromatic rings. The van der Waals surface area contributed by atoms with Crippen LogP contribution in [0.3, 0.4) is 0 Å². The van der Waals surface area contributed by atoms with E-state index in [2.05, 4.69) is 31.1 Å². The first-order valence-corrected chi connectivity index (χ1v) is 6.72. The zero-order valence-electron chi connectivity index (χ0n) is 11.4. The second-order valence-electron chi connectivity index (χ2n) is 5.65. The van der Waals surface area contributed by atoms with Crippen LogP contribution in [0.15, 0.2) is 0 Å². The predicted molar refractivity (Wildman–Crippen MR) is 70.7 cm³/mol. The fraction of sp³-hybridized carbons (Fsp3) is 0.923. The summed E-state index contributed by atoms with van der Waals surface area (Å²) in [6.07, 6.45) is 2.91. The number of piperidine rings is 1. The number of carbonyl (C=O) groups excluding carboxylic acids is 1. The topological polar surface area (TPSA) is 58.4 Å². The van der Waals surface area contributed by atoms with E-state index in [1.165, 1.54) is 0 Å². The zero-order valence-corrected chi connectivity index (χ0v) is 11.4. The Balaban J connectivity index is 2.36. The summed E-state index contributed by atoms with van der Waals surface area (Å²) >= 11 is 0. The van der Waals surface area contributed by atoms with Crippen LogP contribution in [0.25, 0.3) is 0 Å². The molecule has 0 aliphatic carbocycles. The number of nitrogens with one attached hydrogen (secondary N) is 1. The van der Waals surface area contributed by atoms with Crippen LogP contribution >= 0.6 is 0 Å². The maximum atomic E-state index is 12.1. The molecule has 1 rings (SSSR count). The summed E-state index contributed by atoms with van der Waals surface area (Å²) in [5, 5.41) is 3.10. The molecule has 0 radical (unpaired) electrons. The van der Waals surface area contributed by atoms with E-state index in [1.54, 1.807) is 0 Å². The monoisotopic (exact) mass is 241 g/mol. The second-order valence-corrected chi connectivity index (χ2v) is 5.65. The lowest BCUT2D eigenvalue weighted by Crippen LogP contribution is -2.46. The molecule has 0 aromatic heterocycles. The van der Waals surface area contributed by atoms with E-state index in [9.17, 15) is 4.79 Å². The molecule has 100 valence electrons. The van der Waals surface area contributed by atoms with Crippen LogP contribution in [0, 0.1) is 11.8 Å². The Morgan fingerprint density at radius 1 is 1.41 bits per heavy atom. The van der Waals surface area contributed by atoms with E-state index < -0.39 is 0 Å². The quantitative estimate of drug-likeness (QED) is 0.749. The van der Waals surface area contributed by atoms with Gasteiger partial charge in [0.1, 0.15) is 0 Å². The van der Waals surface area contributed by atoms with Crippen LogP contribution in [-0.4, -0.2) is 43.5 Å². The van der Waals surface area contributed by atoms with E-state index in [0.717, 1.165) is 32.4 Å². The van der Waals surface area contributed by atoms with Gasteiger partial charge in [-0.3, -0.25) is 4.79 Å². The molecule has 1 amide bonds. The molecular formula is C13H27N3O. The van der Waals surface area contributed by atoms with Crippen molar-refractivity contribution in [2.24, 2.45) is 17.6 Å². The highest BCUT2D eigenvalue weighted by Gasteiger charge is 2.24. The second kappa shape index (κ2) is 6.97. The summed E-state index contributed by atoms with van der Waals surface area (Å²) in [6, 6.07) is 0.141. The van der Waals surface area contributed by atoms with E-state index in [1.807, 2.05) is 0 Å². The molecular weight excluding hydrogens is 214 g/mol. The van der Waals surface area contributed by atoms with Gasteiger partial charge in [0.2, 0.25) is 5.91 Å². The van der Waals surface area contributed by atoms with Gasteiger partial charge in [0.05, 0.1) is 0 Å². The first-order valence-electron chi connectivity index (χ1n) is 6.72. The average molecular weight is 241 g/mol. The number of hydrogen-bond acceptors (Lipinski definition) is 3. The van der Waals surface area contributed by atoms with Crippen LogP contribution < -0.4 is 11.1 Å². The van der Waals surface area contributed by atoms with Gasteiger partial charge in [-0.25, -0.2) is 0 Å². The Kier molecular flexibility index (Phi) is 5.92. The van der Waals surface area contributed by atoms with E-state index in [-0.39, 0.29) is 17.9 Å². The molecule has 1 atom stereocenters. The van der Waals surface area contributed by atoms with Crippen LogP contribution in [0.4, 0.5) is 0 Å². The van der Waals surface area contributed by atoms with Crippen LogP contribution in [-0.2, 0) is 4.79 Å². The SMILES string of the molecule is CC(C)CC(CN)NC(=O)C1CCN(C)CC1. The summed E-state index contributed by atoms with van der Waals surface area (Å²) in [4.78, 5) is 14.3. The molecule has 1 aliphatic heterocycles. The number of likely N-dealkylation sites (tertiary alicyclic amines) is 1. The molecule has 1 heterocycles. The summed E-state index contributed by atoms with van der Waals surface area (Å²) in [7, 11) is 2.11. The molecule has 17 heavy (non-hydrogen) atoms. The summed E-state index contributed by atoms with van der Waals surface area (Å²) < 4.78 is 0. The lowest BCUT2D eigenvalue weighted by atomic mass is 9.95. The third-order valence-corrected chi connectivity index (χ3v) is 3.48. The minimum atomic E-state index is 0.141. The Labute approximate surface area is 105 Å². The molecule has 0 aromatic carbocycles. The van der Waals surface area contributed by atoms with E-state index in [4.69, 9.17) is 5.73 Å². The maximum absolute atomic E-state index is 12.1. The maximum Gasteiger partial charge on any atom is 0.223 e. The van der Waals surface area contributed by atoms with Crippen molar-refractivity contribution >= 4 is 5.91 Å². The fourth-order valence-electron chi connectivity index (χ4n) is 2.37. The van der Waals surface area contributed by atoms with Gasteiger partial charge in [-0.1, -0.05) is 13.8 Å². The molecule has 1 saturated heterocycles. The van der Waals surface area contributed by atoms with Gasteiger partial charge >= 0.3 is 0 Å². The first kappa shape index (κ1) is 14.5. The van der Waals surface area contributed by atoms with Crippen LogP contribution in [0.2, 0.25) is 0 Å². The summed E-state index contributed by atoms with van der Waals surface area (Å²) in [5.41, 5.74) is 5.70. The van der Waals surface area contributed by atoms with Crippen molar-refractivity contribution in [3.63, 3.8) is 0 Å². The highest BCUT2D eigenvalue weighted by Crippen LogP contribution is 2.16. The lowest BCUT2D eigenvalue weighted by molar-refractivity contribution is -0.127. The number of nitrogens with two attached hydrogens (primary N) is 1. The number of rotatable bonds is 5. The minimum Gasteiger partial charge on any atom is -0.352 e. The Hall–Kier alpha value is -0.610. The Bertz CT molecular complexity index is 235. The van der Waals surface area contributed by atoms with Crippen LogP contribution in [0.5, 0.6) is 0 Å². The third-order valence-electron chi connectivity index (χ3n) is 3.48. The highest BCUT2D eigenvalue weighted by molar-refractivity contribution is 5.79. The van der Waals surface area contributed by atoms with Crippen LogP contribution in [0.1, 0.15) is 33.1 Å². The van der Waals surface area contributed by atoms with Crippen molar-refractivity contribution in [1.29, 1.82) is 0 Å². The normalized spacial score (nSPS) is 20.5. The Morgan fingerprint density at radius 3 is 2.47 bits per heavy atom. The largest absolute Gasteiger partial charge is 0.352 e. The van der Waals surface area contributed by atoms with Crippen molar-refractivity contribution in [3.8, 4) is 0 Å². The van der Waals surface area contributed by atoms with Crippen molar-refractivity contribution in [2.45, 2.75) is 39.2 Å². The molecule has 0 saturated carbocycles. The molecule has 4 heteroatoms. The molecule has 3 N–H and O–H groups in total. The number of carbonyl (C=O) groups is 1. The summed E-state index contributed by atoms with van der Waals surface area (Å²) in [5.74, 6) is 0.961. The van der Waals surface area contributed by atoms with Gasteiger partial charge < -0.3 is 16.0 Å². The third kappa shape index (κ3) is 5.04. The van der Waals surface area contributed by atoms with Gasteiger partial charge in [-0.15, -0.1) is 0 Å². The van der Waals surface area contributed by atoms with Gasteiger partial charge in [0.25, 0.3) is 0 Å². The van der Waals surface area contributed by atoms with Crippen molar-refractivity contribution in [1.82, 2.24) is 10.2 Å². The molecule has 0 spiro atoms. The van der Waals surface area contributed by atoms with Crippen molar-refractivity contribution < 1.29 is 4.79 Å². The number of hydrogen-bond donors (Lipinski definition) is 2. The van der Waals surface area contributed by atoms with Crippen molar-refractivity contribution in [3.05, 3.63) is 0 Å². The van der Waals surface area contributed by atoms with E-state index in [0.29, 0.717) is 12.5 Å². The fourth-order valence-corrected chi connectivity index (χ4v) is 2.37. The Morgan fingerprint density at radius 2 is 2.00 bits per heavy atom. The van der Waals surface area contributed by atoms with Crippen molar-refractivity contribution in [2.75, 3.05) is 26.7 Å². The van der Waals surface area contributed by atoms with Gasteiger partial charge in [-0.2, -0.15) is 0 Å². The standard InChI is InChI=1S/C13H27N3O/c1-10(2)8-12(9-14)15-13(17)11-4-6-16(3)7-5-11/h10-12H,4-9,14H2,1-3H3,(H,15,17). The molecule has 1 unspecified atom stereocenters. The predicted octanol–water partition coefficient (Wildman–Crippen LogP) is 0.818. The average Bonchev–Trinajstić information content (AvgIpc) is 2.28. The van der Waals surface area contributed by atoms with E-state index >= 15 is 0 Å². The molecule has 1 aliphatic rings. The minimum absolute atomic E-state index is 0.141. The first-order chi connectivity index (χ1) is 8.02. The number of nitrogens with zero attached hydrogens (tertiary/aromatic N) is 1. The summed E-state index contributed by atoms with van der Waals surface area (Å²) in [6.45, 7) is 6.90. The zero-order chi connectivity index (χ0) is 12.8.